The van der Waals surface area contributed by atoms with E-state index < -0.39 is 5.92 Å². The summed E-state index contributed by atoms with van der Waals surface area (Å²) in [6.07, 6.45) is 2.85. The van der Waals surface area contributed by atoms with Crippen LogP contribution in [0, 0.1) is 0 Å². The number of carbonyl (C=O) groups is 2. The van der Waals surface area contributed by atoms with E-state index in [1.807, 2.05) is 17.9 Å². The molecular weight excluding hydrogens is 390 g/mol. The lowest BCUT2D eigenvalue weighted by Gasteiger charge is -2.31. The molecule has 4 rings (SSSR count). The molecule has 2 heterocycles. The number of fused-ring (bicyclic) bond motifs is 1. The summed E-state index contributed by atoms with van der Waals surface area (Å²) in [6.45, 7) is 3.52. The molecule has 1 fully saturated rings. The minimum absolute atomic E-state index is 0.174. The van der Waals surface area contributed by atoms with Crippen molar-refractivity contribution in [1.29, 1.82) is 0 Å². The van der Waals surface area contributed by atoms with Crippen molar-refractivity contribution in [3.05, 3.63) is 40.6 Å². The zero-order valence-corrected chi connectivity index (χ0v) is 17.1. The number of halogens is 2. The van der Waals surface area contributed by atoms with Gasteiger partial charge in [0.05, 0.1) is 5.69 Å². The van der Waals surface area contributed by atoms with Gasteiger partial charge in [-0.3, -0.25) is 14.5 Å². The van der Waals surface area contributed by atoms with Crippen LogP contribution in [0.4, 0.5) is 14.7 Å². The monoisotopic (exact) mass is 414 g/mol. The molecule has 0 bridgehead atoms. The lowest BCUT2D eigenvalue weighted by molar-refractivity contribution is -0.115. The van der Waals surface area contributed by atoms with Crippen molar-refractivity contribution in [1.82, 2.24) is 14.9 Å². The van der Waals surface area contributed by atoms with Gasteiger partial charge in [0.15, 0.2) is 0 Å². The Balaban J connectivity index is 1.84. The lowest BCUT2D eigenvalue weighted by Crippen LogP contribution is -2.38. The van der Waals surface area contributed by atoms with E-state index in [2.05, 4.69) is 9.97 Å². The molecule has 0 saturated carbocycles. The number of hydrogen-bond donors (Lipinski definition) is 0. The van der Waals surface area contributed by atoms with Crippen molar-refractivity contribution >= 4 is 18.3 Å². The van der Waals surface area contributed by atoms with Crippen molar-refractivity contribution in [2.75, 3.05) is 25.0 Å². The third-order valence-electron chi connectivity index (χ3n) is 5.78. The van der Waals surface area contributed by atoms with E-state index in [0.717, 1.165) is 36.4 Å². The largest absolute Gasteiger partial charge is 0.341 e. The molecule has 1 aromatic carbocycles. The summed E-state index contributed by atoms with van der Waals surface area (Å²) >= 11 is 0. The number of amides is 2. The van der Waals surface area contributed by atoms with Crippen LogP contribution in [0.2, 0.25) is 0 Å². The Labute approximate surface area is 173 Å². The summed E-state index contributed by atoms with van der Waals surface area (Å²) in [5.74, 6) is -3.00. The second-order valence-corrected chi connectivity index (χ2v) is 7.89. The van der Waals surface area contributed by atoms with Crippen LogP contribution in [-0.4, -0.2) is 47.3 Å². The number of hydrogen-bond acceptors (Lipinski definition) is 5. The molecule has 30 heavy (non-hydrogen) atoms. The zero-order chi connectivity index (χ0) is 21.5. The number of anilines is 1. The van der Waals surface area contributed by atoms with Gasteiger partial charge in [0.1, 0.15) is 5.69 Å². The fourth-order valence-corrected chi connectivity index (χ4v) is 3.97. The van der Waals surface area contributed by atoms with Gasteiger partial charge in [-0.25, -0.2) is 9.97 Å². The van der Waals surface area contributed by atoms with Crippen LogP contribution < -0.4 is 4.90 Å². The van der Waals surface area contributed by atoms with E-state index in [4.69, 9.17) is 0 Å². The normalized spacial score (nSPS) is 16.7. The maximum atomic E-state index is 14.5. The van der Waals surface area contributed by atoms with Crippen LogP contribution in [0.25, 0.3) is 11.3 Å². The van der Waals surface area contributed by atoms with Crippen LogP contribution in [-0.2, 0) is 23.6 Å². The molecule has 6 nitrogen and oxygen atoms in total. The molecule has 0 unspecified atom stereocenters. The summed E-state index contributed by atoms with van der Waals surface area (Å²) in [5, 5.41) is 0. The minimum Gasteiger partial charge on any atom is -0.341 e. The van der Waals surface area contributed by atoms with E-state index in [0.29, 0.717) is 41.2 Å². The van der Waals surface area contributed by atoms with Crippen LogP contribution in [0.3, 0.4) is 0 Å². The Morgan fingerprint density at radius 1 is 1.30 bits per heavy atom. The minimum atomic E-state index is -2.96. The Morgan fingerprint density at radius 3 is 2.70 bits per heavy atom. The number of nitrogens with zero attached hydrogens (tertiary/aromatic N) is 4. The second kappa shape index (κ2) is 7.74. The highest BCUT2D eigenvalue weighted by atomic mass is 19.3. The van der Waals surface area contributed by atoms with Gasteiger partial charge in [-0.2, -0.15) is 8.78 Å². The molecule has 0 atom stereocenters. The van der Waals surface area contributed by atoms with Gasteiger partial charge in [0.25, 0.3) is 11.8 Å². The van der Waals surface area contributed by atoms with Crippen molar-refractivity contribution in [2.45, 2.75) is 45.0 Å². The van der Waals surface area contributed by atoms with E-state index in [9.17, 15) is 18.4 Å². The molecule has 2 aromatic rings. The third kappa shape index (κ3) is 3.44. The third-order valence-corrected chi connectivity index (χ3v) is 5.78. The number of aromatic nitrogens is 2. The van der Waals surface area contributed by atoms with Gasteiger partial charge >= 0.3 is 0 Å². The summed E-state index contributed by atoms with van der Waals surface area (Å²) < 4.78 is 29.0. The van der Waals surface area contributed by atoms with Crippen molar-refractivity contribution in [2.24, 2.45) is 0 Å². The van der Waals surface area contributed by atoms with Crippen molar-refractivity contribution < 1.29 is 18.4 Å². The first-order chi connectivity index (χ1) is 14.4. The molecule has 2 amide bonds. The predicted octanol–water partition coefficient (Wildman–Crippen LogP) is 3.57. The van der Waals surface area contributed by atoms with Crippen LogP contribution in [0.1, 0.15) is 53.4 Å². The van der Waals surface area contributed by atoms with Gasteiger partial charge < -0.3 is 4.90 Å². The Hall–Kier alpha value is -2.90. The molecule has 1 aliphatic heterocycles. The summed E-state index contributed by atoms with van der Waals surface area (Å²) in [6, 6.07) is 5.23. The molecule has 158 valence electrons. The second-order valence-electron chi connectivity index (χ2n) is 7.89. The molecule has 0 spiro atoms. The Bertz CT molecular complexity index is 1000. The average Bonchev–Trinajstić information content (AvgIpc) is 3.00. The van der Waals surface area contributed by atoms with Crippen molar-refractivity contribution in [3.8, 4) is 11.3 Å². The number of benzene rings is 1. The highest BCUT2D eigenvalue weighted by Gasteiger charge is 2.43. The SMILES string of the molecule is CCCc1cc(-c2nc(N3CCC3)nc3c2CCC3(F)F)ccc1C(=O)N(C)C=O. The summed E-state index contributed by atoms with van der Waals surface area (Å²) in [7, 11) is 1.41. The molecule has 0 radical (unpaired) electrons. The molecular formula is C22H24F2N4O2. The molecule has 1 aromatic heterocycles. The zero-order valence-electron chi connectivity index (χ0n) is 17.1. The van der Waals surface area contributed by atoms with Gasteiger partial charge in [0.2, 0.25) is 12.4 Å². The van der Waals surface area contributed by atoms with Gasteiger partial charge in [-0.05, 0) is 37.0 Å². The number of carbonyl (C=O) groups excluding carboxylic acids is 2. The number of rotatable bonds is 6. The highest BCUT2D eigenvalue weighted by Crippen LogP contribution is 2.44. The number of alkyl halides is 2. The average molecular weight is 414 g/mol. The maximum Gasteiger partial charge on any atom is 0.290 e. The van der Waals surface area contributed by atoms with Crippen LogP contribution in [0.5, 0.6) is 0 Å². The van der Waals surface area contributed by atoms with Gasteiger partial charge in [0, 0.05) is 43.2 Å². The van der Waals surface area contributed by atoms with E-state index in [-0.39, 0.29) is 24.4 Å². The van der Waals surface area contributed by atoms with Crippen molar-refractivity contribution in [3.63, 3.8) is 0 Å². The Kier molecular flexibility index (Phi) is 5.26. The maximum absolute atomic E-state index is 14.5. The van der Waals surface area contributed by atoms with E-state index >= 15 is 0 Å². The molecule has 8 heteroatoms. The lowest BCUT2D eigenvalue weighted by atomic mass is 9.96. The first-order valence-corrected chi connectivity index (χ1v) is 10.3. The van der Waals surface area contributed by atoms with E-state index in [1.54, 1.807) is 12.1 Å². The summed E-state index contributed by atoms with van der Waals surface area (Å²) in [5.41, 5.74) is 2.73. The van der Waals surface area contributed by atoms with Gasteiger partial charge in [-0.1, -0.05) is 19.4 Å². The van der Waals surface area contributed by atoms with Crippen LogP contribution >= 0.6 is 0 Å². The van der Waals surface area contributed by atoms with Crippen LogP contribution in [0.15, 0.2) is 18.2 Å². The molecule has 2 aliphatic rings. The van der Waals surface area contributed by atoms with E-state index in [1.165, 1.54) is 7.05 Å². The quantitative estimate of drug-likeness (QED) is 0.676. The fourth-order valence-electron chi connectivity index (χ4n) is 3.97. The summed E-state index contributed by atoms with van der Waals surface area (Å²) in [4.78, 5) is 35.3. The Morgan fingerprint density at radius 2 is 2.07 bits per heavy atom. The molecule has 0 N–H and O–H groups in total. The molecule has 1 saturated heterocycles. The number of imide groups is 1. The number of aryl methyl sites for hydroxylation is 1. The van der Waals surface area contributed by atoms with Gasteiger partial charge in [-0.15, -0.1) is 0 Å². The fraction of sp³-hybridized carbons (Fsp3) is 0.455. The first kappa shape index (κ1) is 20.4. The topological polar surface area (TPSA) is 66.4 Å². The standard InChI is InChI=1S/C22H24F2N4O2/c1-3-5-14-12-15(6-7-16(14)20(30)27(2)13-29)18-17-8-9-22(23,24)19(17)26-21(25-18)28-10-4-11-28/h6-7,12-13H,3-5,8-11H2,1-2H3. The highest BCUT2D eigenvalue weighted by molar-refractivity contribution is 6.01. The predicted molar refractivity (Wildman–Crippen MR) is 109 cm³/mol. The molecule has 1 aliphatic carbocycles. The first-order valence-electron chi connectivity index (χ1n) is 10.3. The smallest absolute Gasteiger partial charge is 0.290 e.